The van der Waals surface area contributed by atoms with Gasteiger partial charge in [-0.3, -0.25) is 14.4 Å². The summed E-state index contributed by atoms with van der Waals surface area (Å²) in [6.45, 7) is 2.11. The van der Waals surface area contributed by atoms with E-state index in [4.69, 9.17) is 11.6 Å². The molecule has 2 aliphatic rings. The van der Waals surface area contributed by atoms with E-state index in [0.29, 0.717) is 21.2 Å². The molecule has 4 rings (SSSR count). The molecule has 1 fully saturated rings. The van der Waals surface area contributed by atoms with Crippen LogP contribution >= 0.6 is 22.9 Å². The van der Waals surface area contributed by atoms with Gasteiger partial charge >= 0.3 is 0 Å². The predicted octanol–water partition coefficient (Wildman–Crippen LogP) is 2.49. The quantitative estimate of drug-likeness (QED) is 0.739. The summed E-state index contributed by atoms with van der Waals surface area (Å²) in [5.41, 5.74) is 3.00. The summed E-state index contributed by atoms with van der Waals surface area (Å²) in [5, 5.41) is 2.97. The molecule has 0 aliphatic carbocycles. The molecular formula is C23H27ClN4O3S. The topological polar surface area (TPSA) is 73.0 Å². The number of thiophene rings is 1. The van der Waals surface area contributed by atoms with Crippen molar-refractivity contribution < 1.29 is 14.4 Å². The molecule has 32 heavy (non-hydrogen) atoms. The Labute approximate surface area is 196 Å². The van der Waals surface area contributed by atoms with Crippen LogP contribution in [0.2, 0.25) is 4.34 Å². The maximum atomic E-state index is 13.5. The number of amides is 3. The molecule has 1 saturated heterocycles. The third-order valence-electron chi connectivity index (χ3n) is 6.08. The average Bonchev–Trinajstić information content (AvgIpc) is 3.38. The first-order chi connectivity index (χ1) is 15.2. The Morgan fingerprint density at radius 3 is 2.62 bits per heavy atom. The maximum absolute atomic E-state index is 13.5. The Morgan fingerprint density at radius 2 is 1.94 bits per heavy atom. The fourth-order valence-corrected chi connectivity index (χ4v) is 5.33. The number of hydrogen-bond acceptors (Lipinski definition) is 5. The molecule has 9 heteroatoms. The highest BCUT2D eigenvalue weighted by Crippen LogP contribution is 2.26. The Kier molecular flexibility index (Phi) is 6.55. The van der Waals surface area contributed by atoms with Crippen LogP contribution in [0.25, 0.3) is 0 Å². The molecule has 0 unspecified atom stereocenters. The molecule has 3 heterocycles. The molecule has 7 nitrogen and oxygen atoms in total. The van der Waals surface area contributed by atoms with Crippen LogP contribution in [-0.4, -0.2) is 78.7 Å². The lowest BCUT2D eigenvalue weighted by Gasteiger charge is -2.28. The molecule has 1 aromatic heterocycles. The van der Waals surface area contributed by atoms with Gasteiger partial charge in [0, 0.05) is 45.3 Å². The zero-order valence-corrected chi connectivity index (χ0v) is 20.0. The van der Waals surface area contributed by atoms with Crippen molar-refractivity contribution in [1.29, 1.82) is 0 Å². The number of halogens is 1. The standard InChI is InChI=1S/C23H27ClN4O3S/c1-26(2)23(31)18-11-17(25-21(29)19-6-7-20(24)32-19)13-28(18)22(30)15-4-5-16-12-27(3)9-8-14(16)10-15/h4-7,10,17-18H,8-9,11-13H2,1-3H3,(H,25,29)/t17-,18+/m1/s1. The summed E-state index contributed by atoms with van der Waals surface area (Å²) < 4.78 is 0.539. The second-order valence-electron chi connectivity index (χ2n) is 8.69. The van der Waals surface area contributed by atoms with Gasteiger partial charge in [0.15, 0.2) is 0 Å². The van der Waals surface area contributed by atoms with E-state index in [2.05, 4.69) is 17.3 Å². The van der Waals surface area contributed by atoms with Gasteiger partial charge in [0.05, 0.1) is 9.21 Å². The number of carbonyl (C=O) groups is 3. The minimum Gasteiger partial charge on any atom is -0.347 e. The third-order valence-corrected chi connectivity index (χ3v) is 7.31. The van der Waals surface area contributed by atoms with Crippen molar-refractivity contribution in [3.05, 3.63) is 56.2 Å². The number of hydrogen-bond donors (Lipinski definition) is 1. The van der Waals surface area contributed by atoms with E-state index in [9.17, 15) is 14.4 Å². The van der Waals surface area contributed by atoms with Crippen LogP contribution in [0, 0.1) is 0 Å². The summed E-state index contributed by atoms with van der Waals surface area (Å²) in [4.78, 5) is 44.8. The molecule has 0 spiro atoms. The lowest BCUT2D eigenvalue weighted by Crippen LogP contribution is -2.45. The van der Waals surface area contributed by atoms with E-state index in [1.807, 2.05) is 18.2 Å². The fraction of sp³-hybridized carbons (Fsp3) is 0.435. The Balaban J connectivity index is 1.54. The number of likely N-dealkylation sites (N-methyl/N-ethyl adjacent to an activating group) is 2. The van der Waals surface area contributed by atoms with Crippen molar-refractivity contribution in [2.24, 2.45) is 0 Å². The van der Waals surface area contributed by atoms with Gasteiger partial charge in [0.2, 0.25) is 5.91 Å². The zero-order valence-electron chi connectivity index (χ0n) is 18.4. The number of fused-ring (bicyclic) bond motifs is 1. The van der Waals surface area contributed by atoms with Crippen molar-refractivity contribution in [2.45, 2.75) is 31.5 Å². The molecule has 170 valence electrons. The first-order valence-corrected chi connectivity index (χ1v) is 11.8. The molecule has 1 N–H and O–H groups in total. The van der Waals surface area contributed by atoms with E-state index in [1.54, 1.807) is 31.1 Å². The van der Waals surface area contributed by atoms with Crippen molar-refractivity contribution in [3.63, 3.8) is 0 Å². The summed E-state index contributed by atoms with van der Waals surface area (Å²) in [5.74, 6) is -0.563. The van der Waals surface area contributed by atoms with Gasteiger partial charge in [0.1, 0.15) is 6.04 Å². The lowest BCUT2D eigenvalue weighted by molar-refractivity contribution is -0.132. The van der Waals surface area contributed by atoms with Gasteiger partial charge in [-0.05, 0) is 55.3 Å². The highest BCUT2D eigenvalue weighted by atomic mass is 35.5. The maximum Gasteiger partial charge on any atom is 0.261 e. The van der Waals surface area contributed by atoms with Gasteiger partial charge in [-0.1, -0.05) is 17.7 Å². The summed E-state index contributed by atoms with van der Waals surface area (Å²) in [7, 11) is 5.45. The van der Waals surface area contributed by atoms with Gasteiger partial charge < -0.3 is 20.0 Å². The molecule has 0 radical (unpaired) electrons. The molecule has 3 amide bonds. The molecule has 2 atom stereocenters. The molecule has 2 aromatic rings. The fourth-order valence-electron chi connectivity index (χ4n) is 4.38. The van der Waals surface area contributed by atoms with Crippen molar-refractivity contribution in [2.75, 3.05) is 34.2 Å². The van der Waals surface area contributed by atoms with E-state index < -0.39 is 6.04 Å². The zero-order chi connectivity index (χ0) is 23.0. The van der Waals surface area contributed by atoms with Crippen LogP contribution in [0.4, 0.5) is 0 Å². The number of rotatable bonds is 4. The van der Waals surface area contributed by atoms with Gasteiger partial charge in [-0.25, -0.2) is 0 Å². The SMILES string of the molecule is CN1CCc2cc(C(=O)N3C[C@H](NC(=O)c4ccc(Cl)s4)C[C@H]3C(=O)N(C)C)ccc2C1. The Hall–Kier alpha value is -2.42. The monoisotopic (exact) mass is 474 g/mol. The molecular weight excluding hydrogens is 448 g/mol. The van der Waals surface area contributed by atoms with E-state index in [-0.39, 0.29) is 30.3 Å². The number of nitrogens with zero attached hydrogens (tertiary/aromatic N) is 3. The smallest absolute Gasteiger partial charge is 0.261 e. The second kappa shape index (κ2) is 9.21. The van der Waals surface area contributed by atoms with Crippen molar-refractivity contribution in [1.82, 2.24) is 20.0 Å². The Morgan fingerprint density at radius 1 is 1.16 bits per heavy atom. The van der Waals surface area contributed by atoms with Crippen molar-refractivity contribution >= 4 is 40.7 Å². The normalized spacial score (nSPS) is 20.7. The van der Waals surface area contributed by atoms with E-state index >= 15 is 0 Å². The lowest BCUT2D eigenvalue weighted by atomic mass is 9.97. The largest absolute Gasteiger partial charge is 0.347 e. The van der Waals surface area contributed by atoms with Gasteiger partial charge in [-0.2, -0.15) is 0 Å². The van der Waals surface area contributed by atoms with Crippen LogP contribution in [-0.2, 0) is 17.8 Å². The number of benzene rings is 1. The second-order valence-corrected chi connectivity index (χ2v) is 10.4. The molecule has 0 saturated carbocycles. The number of carbonyl (C=O) groups excluding carboxylic acids is 3. The predicted molar refractivity (Wildman–Crippen MR) is 125 cm³/mol. The number of likely N-dealkylation sites (tertiary alicyclic amines) is 1. The van der Waals surface area contributed by atoms with Crippen molar-refractivity contribution in [3.8, 4) is 0 Å². The minimum atomic E-state index is -0.614. The summed E-state index contributed by atoms with van der Waals surface area (Å²) in [6.07, 6.45) is 1.28. The Bertz CT molecular complexity index is 1050. The van der Waals surface area contributed by atoms with E-state index in [1.165, 1.54) is 27.4 Å². The highest BCUT2D eigenvalue weighted by molar-refractivity contribution is 7.18. The van der Waals surface area contributed by atoms with Crippen LogP contribution in [0.15, 0.2) is 30.3 Å². The van der Waals surface area contributed by atoms with Crippen LogP contribution in [0.3, 0.4) is 0 Å². The van der Waals surface area contributed by atoms with Crippen LogP contribution in [0.5, 0.6) is 0 Å². The third kappa shape index (κ3) is 4.67. The number of nitrogens with one attached hydrogen (secondary N) is 1. The summed E-state index contributed by atoms with van der Waals surface area (Å²) in [6, 6.07) is 8.24. The first-order valence-electron chi connectivity index (χ1n) is 10.6. The highest BCUT2D eigenvalue weighted by Gasteiger charge is 2.41. The van der Waals surface area contributed by atoms with Gasteiger partial charge in [0.25, 0.3) is 11.8 Å². The molecule has 1 aromatic carbocycles. The van der Waals surface area contributed by atoms with Crippen LogP contribution in [0.1, 0.15) is 37.6 Å². The molecule has 0 bridgehead atoms. The van der Waals surface area contributed by atoms with Gasteiger partial charge in [-0.15, -0.1) is 11.3 Å². The van der Waals surface area contributed by atoms with Crippen LogP contribution < -0.4 is 5.32 Å². The summed E-state index contributed by atoms with van der Waals surface area (Å²) >= 11 is 7.15. The average molecular weight is 475 g/mol. The van der Waals surface area contributed by atoms with E-state index in [0.717, 1.165) is 19.5 Å². The minimum absolute atomic E-state index is 0.145. The molecule has 2 aliphatic heterocycles. The first kappa shape index (κ1) is 22.8.